The molecule has 1 atom stereocenters. The average molecular weight is 262 g/mol. The van der Waals surface area contributed by atoms with Gasteiger partial charge in [-0.2, -0.15) is 0 Å². The standard InChI is InChI=1S/C11H17ClFN3O/c1-2-6(17)3-4-16-11-8(15)5-7(14)9(12)10(11)13/h5-6,16-17H,2-4,14-15H2,1H3. The van der Waals surface area contributed by atoms with E-state index in [1.165, 1.54) is 6.07 Å². The molecule has 0 aromatic heterocycles. The summed E-state index contributed by atoms with van der Waals surface area (Å²) in [6.07, 6.45) is 0.760. The highest BCUT2D eigenvalue weighted by atomic mass is 35.5. The molecule has 0 aliphatic rings. The van der Waals surface area contributed by atoms with Crippen molar-refractivity contribution < 1.29 is 9.50 Å². The van der Waals surface area contributed by atoms with E-state index in [1.807, 2.05) is 6.92 Å². The van der Waals surface area contributed by atoms with E-state index in [1.54, 1.807) is 0 Å². The fraction of sp³-hybridized carbons (Fsp3) is 0.455. The fourth-order valence-corrected chi connectivity index (χ4v) is 1.56. The first-order valence-corrected chi connectivity index (χ1v) is 5.80. The van der Waals surface area contributed by atoms with Crippen LogP contribution in [-0.2, 0) is 0 Å². The summed E-state index contributed by atoms with van der Waals surface area (Å²) in [5.41, 5.74) is 11.6. The minimum atomic E-state index is -0.657. The Balaban J connectivity index is 2.75. The second-order valence-corrected chi connectivity index (χ2v) is 4.21. The number of anilines is 3. The Labute approximate surface area is 105 Å². The second kappa shape index (κ2) is 5.93. The van der Waals surface area contributed by atoms with E-state index in [9.17, 15) is 9.50 Å². The zero-order chi connectivity index (χ0) is 13.0. The highest BCUT2D eigenvalue weighted by Gasteiger charge is 2.14. The third-order valence-electron chi connectivity index (χ3n) is 2.52. The Morgan fingerprint density at radius 1 is 1.47 bits per heavy atom. The van der Waals surface area contributed by atoms with Gasteiger partial charge in [-0.3, -0.25) is 0 Å². The largest absolute Gasteiger partial charge is 0.397 e. The number of nitrogen functional groups attached to an aromatic ring is 2. The molecule has 1 aromatic carbocycles. The van der Waals surface area contributed by atoms with Crippen molar-refractivity contribution in [2.45, 2.75) is 25.9 Å². The van der Waals surface area contributed by atoms with Crippen LogP contribution in [0.4, 0.5) is 21.5 Å². The van der Waals surface area contributed by atoms with Crippen LogP contribution in [0.3, 0.4) is 0 Å². The predicted octanol–water partition coefficient (Wildman–Crippen LogP) is 2.22. The molecule has 0 aliphatic carbocycles. The zero-order valence-corrected chi connectivity index (χ0v) is 10.4. The summed E-state index contributed by atoms with van der Waals surface area (Å²) in [6, 6.07) is 1.41. The Morgan fingerprint density at radius 2 is 2.12 bits per heavy atom. The Kier molecular flexibility index (Phi) is 4.84. The minimum Gasteiger partial charge on any atom is -0.397 e. The summed E-state index contributed by atoms with van der Waals surface area (Å²) in [4.78, 5) is 0. The van der Waals surface area contributed by atoms with Crippen molar-refractivity contribution in [3.8, 4) is 0 Å². The number of rotatable bonds is 5. The molecule has 6 heteroatoms. The number of aliphatic hydroxyl groups excluding tert-OH is 1. The molecule has 0 fully saturated rings. The molecule has 0 bridgehead atoms. The van der Waals surface area contributed by atoms with Gasteiger partial charge in [0.15, 0.2) is 5.82 Å². The van der Waals surface area contributed by atoms with Gasteiger partial charge in [0.2, 0.25) is 0 Å². The van der Waals surface area contributed by atoms with Crippen LogP contribution in [-0.4, -0.2) is 17.8 Å². The van der Waals surface area contributed by atoms with Crippen LogP contribution in [0, 0.1) is 5.82 Å². The van der Waals surface area contributed by atoms with E-state index in [-0.39, 0.29) is 22.1 Å². The molecule has 1 unspecified atom stereocenters. The normalized spacial score (nSPS) is 12.5. The molecule has 0 aliphatic heterocycles. The van der Waals surface area contributed by atoms with Gasteiger partial charge in [-0.1, -0.05) is 18.5 Å². The van der Waals surface area contributed by atoms with E-state index >= 15 is 0 Å². The lowest BCUT2D eigenvalue weighted by Gasteiger charge is -2.14. The van der Waals surface area contributed by atoms with Crippen LogP contribution in [0.15, 0.2) is 6.07 Å². The van der Waals surface area contributed by atoms with E-state index in [0.717, 1.165) is 0 Å². The highest BCUT2D eigenvalue weighted by molar-refractivity contribution is 6.33. The molecule has 0 spiro atoms. The third kappa shape index (κ3) is 3.38. The van der Waals surface area contributed by atoms with Crippen LogP contribution in [0.25, 0.3) is 0 Å². The van der Waals surface area contributed by atoms with Gasteiger partial charge in [-0.15, -0.1) is 0 Å². The number of halogens is 2. The van der Waals surface area contributed by atoms with Crippen molar-refractivity contribution in [1.29, 1.82) is 0 Å². The number of aliphatic hydroxyl groups is 1. The Hall–Kier alpha value is -1.20. The van der Waals surface area contributed by atoms with Gasteiger partial charge in [-0.05, 0) is 18.9 Å². The van der Waals surface area contributed by atoms with Crippen molar-refractivity contribution >= 4 is 28.7 Å². The van der Waals surface area contributed by atoms with Crippen molar-refractivity contribution in [2.75, 3.05) is 23.3 Å². The van der Waals surface area contributed by atoms with Gasteiger partial charge >= 0.3 is 0 Å². The van der Waals surface area contributed by atoms with Gasteiger partial charge in [0.1, 0.15) is 5.02 Å². The summed E-state index contributed by atoms with van der Waals surface area (Å²) < 4.78 is 13.7. The molecule has 0 amide bonds. The van der Waals surface area contributed by atoms with E-state index < -0.39 is 11.9 Å². The van der Waals surface area contributed by atoms with Crippen molar-refractivity contribution in [3.05, 3.63) is 16.9 Å². The van der Waals surface area contributed by atoms with Gasteiger partial charge in [-0.25, -0.2) is 4.39 Å². The Morgan fingerprint density at radius 3 is 2.71 bits per heavy atom. The second-order valence-electron chi connectivity index (χ2n) is 3.84. The minimum absolute atomic E-state index is 0.112. The summed E-state index contributed by atoms with van der Waals surface area (Å²) in [7, 11) is 0. The number of hydrogen-bond donors (Lipinski definition) is 4. The SMILES string of the molecule is CCC(O)CCNc1c(N)cc(N)c(Cl)c1F. The van der Waals surface area contributed by atoms with E-state index in [0.29, 0.717) is 19.4 Å². The first-order valence-electron chi connectivity index (χ1n) is 5.42. The Bertz CT molecular complexity index is 401. The summed E-state index contributed by atoms with van der Waals surface area (Å²) >= 11 is 5.68. The van der Waals surface area contributed by atoms with Crippen LogP contribution in [0.1, 0.15) is 19.8 Å². The number of nitrogens with one attached hydrogen (secondary N) is 1. The highest BCUT2D eigenvalue weighted by Crippen LogP contribution is 2.33. The first-order chi connectivity index (χ1) is 7.97. The molecule has 1 rings (SSSR count). The van der Waals surface area contributed by atoms with Gasteiger partial charge in [0.25, 0.3) is 0 Å². The first kappa shape index (κ1) is 13.9. The van der Waals surface area contributed by atoms with Gasteiger partial charge < -0.3 is 21.9 Å². The zero-order valence-electron chi connectivity index (χ0n) is 9.63. The van der Waals surface area contributed by atoms with Gasteiger partial charge in [0, 0.05) is 6.54 Å². The molecular weight excluding hydrogens is 245 g/mol. The van der Waals surface area contributed by atoms with Crippen LogP contribution < -0.4 is 16.8 Å². The number of benzene rings is 1. The molecule has 17 heavy (non-hydrogen) atoms. The molecule has 1 aromatic rings. The molecule has 6 N–H and O–H groups in total. The van der Waals surface area contributed by atoms with Crippen molar-refractivity contribution in [3.63, 3.8) is 0 Å². The van der Waals surface area contributed by atoms with Crippen molar-refractivity contribution in [1.82, 2.24) is 0 Å². The molecule has 4 nitrogen and oxygen atoms in total. The number of nitrogens with two attached hydrogens (primary N) is 2. The summed E-state index contributed by atoms with van der Waals surface area (Å²) in [5.74, 6) is -0.657. The maximum atomic E-state index is 13.7. The maximum absolute atomic E-state index is 13.7. The topological polar surface area (TPSA) is 84.3 Å². The lowest BCUT2D eigenvalue weighted by atomic mass is 10.2. The van der Waals surface area contributed by atoms with Crippen molar-refractivity contribution in [2.24, 2.45) is 0 Å². The summed E-state index contributed by atoms with van der Waals surface area (Å²) in [5, 5.41) is 12.0. The van der Waals surface area contributed by atoms with E-state index in [4.69, 9.17) is 23.1 Å². The van der Waals surface area contributed by atoms with Gasteiger partial charge in [0.05, 0.1) is 23.2 Å². The van der Waals surface area contributed by atoms with E-state index in [2.05, 4.69) is 5.32 Å². The monoisotopic (exact) mass is 261 g/mol. The number of hydrogen-bond acceptors (Lipinski definition) is 4. The lowest BCUT2D eigenvalue weighted by Crippen LogP contribution is -2.14. The lowest BCUT2D eigenvalue weighted by molar-refractivity contribution is 0.164. The third-order valence-corrected chi connectivity index (χ3v) is 2.90. The quantitative estimate of drug-likeness (QED) is 0.613. The maximum Gasteiger partial charge on any atom is 0.169 e. The van der Waals surface area contributed by atoms with Crippen LogP contribution in [0.5, 0.6) is 0 Å². The molecule has 0 radical (unpaired) electrons. The average Bonchev–Trinajstić information content (AvgIpc) is 2.30. The molecule has 96 valence electrons. The summed E-state index contributed by atoms with van der Waals surface area (Å²) in [6.45, 7) is 2.29. The smallest absolute Gasteiger partial charge is 0.169 e. The molecule has 0 heterocycles. The van der Waals surface area contributed by atoms with Crippen LogP contribution in [0.2, 0.25) is 5.02 Å². The molecular formula is C11H17ClFN3O. The predicted molar refractivity (Wildman–Crippen MR) is 69.6 cm³/mol. The molecule has 0 saturated heterocycles. The molecule has 0 saturated carbocycles. The fourth-order valence-electron chi connectivity index (χ4n) is 1.41. The van der Waals surface area contributed by atoms with Crippen LogP contribution >= 0.6 is 11.6 Å².